The third-order valence-electron chi connectivity index (χ3n) is 5.63. The maximum atomic E-state index is 12.7. The van der Waals surface area contributed by atoms with Crippen LogP contribution in [0, 0.1) is 17.2 Å². The Kier molecular flexibility index (Phi) is 4.92. The number of esters is 1. The van der Waals surface area contributed by atoms with Crippen molar-refractivity contribution in [3.8, 4) is 6.07 Å². The zero-order valence-electron chi connectivity index (χ0n) is 17.4. The van der Waals surface area contributed by atoms with E-state index >= 15 is 0 Å². The number of ether oxygens (including phenoxy) is 4. The summed E-state index contributed by atoms with van der Waals surface area (Å²) in [6.45, 7) is 7.27. The highest BCUT2D eigenvalue weighted by Crippen LogP contribution is 2.50. The molecular formula is C20H25N5O5. The van der Waals surface area contributed by atoms with E-state index in [4.69, 9.17) is 24.7 Å². The van der Waals surface area contributed by atoms with Crippen LogP contribution in [-0.4, -0.2) is 44.3 Å². The largest absolute Gasteiger partial charge is 0.416 e. The smallest absolute Gasteiger partial charge is 0.333 e. The van der Waals surface area contributed by atoms with Gasteiger partial charge in [0.2, 0.25) is 0 Å². The Morgan fingerprint density at radius 3 is 2.73 bits per heavy atom. The molecule has 2 fully saturated rings. The Balaban J connectivity index is 1.76. The summed E-state index contributed by atoms with van der Waals surface area (Å²) in [4.78, 5) is 16.7. The Morgan fingerprint density at radius 1 is 1.33 bits per heavy atom. The van der Waals surface area contributed by atoms with Crippen LogP contribution in [0.15, 0.2) is 18.5 Å². The fourth-order valence-corrected chi connectivity index (χ4v) is 4.09. The monoisotopic (exact) mass is 415 g/mol. The van der Waals surface area contributed by atoms with Crippen LogP contribution in [0.2, 0.25) is 0 Å². The topological polar surface area (TPSA) is 134 Å². The van der Waals surface area contributed by atoms with Crippen molar-refractivity contribution in [1.29, 1.82) is 5.26 Å². The summed E-state index contributed by atoms with van der Waals surface area (Å²) in [6, 6.07) is 5.56. The van der Waals surface area contributed by atoms with Crippen molar-refractivity contribution < 1.29 is 23.7 Å². The zero-order chi connectivity index (χ0) is 21.7. The Morgan fingerprint density at radius 2 is 2.07 bits per heavy atom. The number of fused-ring (bicyclic) bond motifs is 2. The molecule has 4 heterocycles. The Hall–Kier alpha value is -2.74. The summed E-state index contributed by atoms with van der Waals surface area (Å²) in [5, 5.41) is 14.3. The average molecular weight is 415 g/mol. The molecule has 0 aliphatic carbocycles. The molecule has 0 unspecified atom stereocenters. The fraction of sp³-hybridized carbons (Fsp3) is 0.600. The van der Waals surface area contributed by atoms with Gasteiger partial charge >= 0.3 is 11.8 Å². The van der Waals surface area contributed by atoms with Gasteiger partial charge in [-0.05, 0) is 38.8 Å². The van der Waals surface area contributed by atoms with Crippen molar-refractivity contribution in [2.24, 2.45) is 5.92 Å². The number of rotatable bonds is 5. The second kappa shape index (κ2) is 7.19. The molecule has 2 aromatic heterocycles. The molecule has 2 aliphatic rings. The summed E-state index contributed by atoms with van der Waals surface area (Å²) >= 11 is 0. The molecule has 10 nitrogen and oxygen atoms in total. The highest BCUT2D eigenvalue weighted by Gasteiger charge is 2.67. The minimum atomic E-state index is -1.94. The molecule has 0 spiro atoms. The first-order valence-electron chi connectivity index (χ1n) is 10.0. The molecule has 2 aromatic rings. The molecule has 4 atom stereocenters. The molecule has 0 radical (unpaired) electrons. The van der Waals surface area contributed by atoms with Gasteiger partial charge in [-0.2, -0.15) is 10.4 Å². The lowest BCUT2D eigenvalue weighted by Crippen LogP contribution is -2.47. The number of hydrogen-bond donors (Lipinski definition) is 1. The lowest BCUT2D eigenvalue weighted by molar-refractivity contribution is -0.263. The molecule has 0 aromatic carbocycles. The van der Waals surface area contributed by atoms with Gasteiger partial charge in [-0.15, -0.1) is 0 Å². The second-order valence-corrected chi connectivity index (χ2v) is 7.97. The summed E-state index contributed by atoms with van der Waals surface area (Å²) in [5.74, 6) is -3.46. The van der Waals surface area contributed by atoms with Crippen LogP contribution < -0.4 is 5.73 Å². The summed E-state index contributed by atoms with van der Waals surface area (Å²) < 4.78 is 25.4. The van der Waals surface area contributed by atoms with Crippen molar-refractivity contribution >= 4 is 17.3 Å². The van der Waals surface area contributed by atoms with E-state index < -0.39 is 35.9 Å². The van der Waals surface area contributed by atoms with E-state index in [2.05, 4.69) is 10.1 Å². The number of hydrogen-bond acceptors (Lipinski definition) is 9. The number of carbonyl (C=O) groups is 1. The number of carbonyl (C=O) groups excluding carboxylic acids is 1. The van der Waals surface area contributed by atoms with Crippen molar-refractivity contribution in [1.82, 2.24) is 14.6 Å². The van der Waals surface area contributed by atoms with E-state index in [1.807, 2.05) is 19.9 Å². The summed E-state index contributed by atoms with van der Waals surface area (Å²) in [6.07, 6.45) is 0.128. The van der Waals surface area contributed by atoms with E-state index in [0.717, 1.165) is 0 Å². The third-order valence-corrected chi connectivity index (χ3v) is 5.63. The van der Waals surface area contributed by atoms with Gasteiger partial charge in [0.05, 0.1) is 11.6 Å². The first-order chi connectivity index (χ1) is 14.2. The predicted molar refractivity (Wildman–Crippen MR) is 104 cm³/mol. The molecule has 2 N–H and O–H groups in total. The van der Waals surface area contributed by atoms with Crippen LogP contribution >= 0.6 is 0 Å². The first-order valence-corrected chi connectivity index (χ1v) is 10.0. The van der Waals surface area contributed by atoms with Gasteiger partial charge in [0.15, 0.2) is 17.7 Å². The maximum Gasteiger partial charge on any atom is 0.333 e. The fourth-order valence-electron chi connectivity index (χ4n) is 4.09. The first kappa shape index (κ1) is 20.5. The van der Waals surface area contributed by atoms with Crippen molar-refractivity contribution in [2.45, 2.75) is 70.4 Å². The van der Waals surface area contributed by atoms with E-state index in [0.29, 0.717) is 29.9 Å². The lowest BCUT2D eigenvalue weighted by atomic mass is 10.0. The minimum Gasteiger partial charge on any atom is -0.416 e. The van der Waals surface area contributed by atoms with Crippen LogP contribution in [0.1, 0.15) is 52.3 Å². The van der Waals surface area contributed by atoms with Gasteiger partial charge in [-0.1, -0.05) is 13.8 Å². The molecular weight excluding hydrogens is 390 g/mol. The second-order valence-electron chi connectivity index (χ2n) is 7.97. The van der Waals surface area contributed by atoms with Gasteiger partial charge < -0.3 is 24.7 Å². The number of nitriles is 1. The highest BCUT2D eigenvalue weighted by atomic mass is 16.8. The lowest BCUT2D eigenvalue weighted by Gasteiger charge is -2.29. The maximum absolute atomic E-state index is 12.7. The standard InChI is InChI=1S/C20H25N5O5/c1-5-11(6-2)18(26)30-20(9-21)16-15(27-19(3,4)29-16)14(28-20)12-7-8-13-17(22)23-10-24-25(12)13/h7-8,10-11,14-16H,5-6H2,1-4H3,(H2,22,23,24)/t14-,15-,16-,20+/m0/s1. The van der Waals surface area contributed by atoms with Crippen molar-refractivity contribution in [3.05, 3.63) is 24.2 Å². The van der Waals surface area contributed by atoms with Gasteiger partial charge in [-0.3, -0.25) is 4.79 Å². The quantitative estimate of drug-likeness (QED) is 0.728. The van der Waals surface area contributed by atoms with E-state index in [9.17, 15) is 10.1 Å². The number of nitrogens with two attached hydrogens (primary N) is 1. The van der Waals surface area contributed by atoms with E-state index in [-0.39, 0.29) is 5.92 Å². The van der Waals surface area contributed by atoms with Crippen molar-refractivity contribution in [2.75, 3.05) is 5.73 Å². The summed E-state index contributed by atoms with van der Waals surface area (Å²) in [7, 11) is 0. The molecule has 2 saturated heterocycles. The molecule has 30 heavy (non-hydrogen) atoms. The van der Waals surface area contributed by atoms with Crippen LogP contribution in [0.4, 0.5) is 5.82 Å². The number of anilines is 1. The molecule has 0 saturated carbocycles. The minimum absolute atomic E-state index is 0.307. The Bertz CT molecular complexity index is 1010. The Labute approximate surface area is 173 Å². The zero-order valence-corrected chi connectivity index (χ0v) is 17.4. The van der Waals surface area contributed by atoms with Crippen LogP contribution in [0.5, 0.6) is 0 Å². The summed E-state index contributed by atoms with van der Waals surface area (Å²) in [5.41, 5.74) is 7.12. The van der Waals surface area contributed by atoms with E-state index in [1.54, 1.807) is 30.5 Å². The van der Waals surface area contributed by atoms with Gasteiger partial charge in [0, 0.05) is 0 Å². The number of nitrogens with zero attached hydrogens (tertiary/aromatic N) is 4. The van der Waals surface area contributed by atoms with Crippen LogP contribution in [0.25, 0.3) is 5.52 Å². The highest BCUT2D eigenvalue weighted by molar-refractivity contribution is 5.73. The average Bonchev–Trinajstić information content (AvgIpc) is 3.34. The van der Waals surface area contributed by atoms with Crippen LogP contribution in [0.3, 0.4) is 0 Å². The number of nitrogen functional groups attached to an aromatic ring is 1. The molecule has 2 aliphatic heterocycles. The molecule has 0 amide bonds. The van der Waals surface area contributed by atoms with Crippen LogP contribution in [-0.2, 0) is 23.7 Å². The molecule has 4 rings (SSSR count). The predicted octanol–water partition coefficient (Wildman–Crippen LogP) is 2.10. The third kappa shape index (κ3) is 3.10. The van der Waals surface area contributed by atoms with Crippen molar-refractivity contribution in [3.63, 3.8) is 0 Å². The van der Waals surface area contributed by atoms with Gasteiger partial charge in [0.25, 0.3) is 0 Å². The van der Waals surface area contributed by atoms with Gasteiger partial charge in [-0.25, -0.2) is 9.50 Å². The molecule has 0 bridgehead atoms. The SMILES string of the molecule is CCC(CC)C(=O)O[C@@]1(C#N)O[C@@H](c2ccc3c(N)ncnn23)[C@@H]2OC(C)(C)O[C@@H]21. The van der Waals surface area contributed by atoms with E-state index in [1.165, 1.54) is 6.33 Å². The van der Waals surface area contributed by atoms with Gasteiger partial charge in [0.1, 0.15) is 30.1 Å². The molecule has 10 heteroatoms. The normalized spacial score (nSPS) is 29.8. The number of aromatic nitrogens is 3. The molecule has 160 valence electrons.